The van der Waals surface area contributed by atoms with E-state index in [0.717, 1.165) is 5.56 Å². The molecule has 0 aliphatic heterocycles. The molecule has 5 heteroatoms. The summed E-state index contributed by atoms with van der Waals surface area (Å²) >= 11 is 9.18. The molecule has 0 fully saturated rings. The number of rotatable bonds is 3. The Kier molecular flexibility index (Phi) is 4.54. The van der Waals surface area contributed by atoms with Gasteiger partial charge in [-0.05, 0) is 35.4 Å². The molecule has 1 heterocycles. The molecule has 3 nitrogen and oxygen atoms in total. The number of aliphatic hydroxyl groups excluding tert-OH is 1. The molecule has 0 amide bonds. The van der Waals surface area contributed by atoms with E-state index in [-0.39, 0.29) is 0 Å². The van der Waals surface area contributed by atoms with Gasteiger partial charge < -0.3 is 5.11 Å². The minimum absolute atomic E-state index is 0.339. The fraction of sp³-hybridized carbons (Fsp3) is 0.143. The van der Waals surface area contributed by atoms with E-state index in [4.69, 9.17) is 16.9 Å². The lowest BCUT2D eigenvalue weighted by molar-refractivity contribution is 0.214. The number of aliphatic hydroxyl groups is 1. The Balaban J connectivity index is 2.44. The zero-order valence-corrected chi connectivity index (χ0v) is 12.2. The third kappa shape index (κ3) is 3.13. The third-order valence-electron chi connectivity index (χ3n) is 2.73. The van der Waals surface area contributed by atoms with Crippen LogP contribution < -0.4 is 0 Å². The summed E-state index contributed by atoms with van der Waals surface area (Å²) in [4.78, 5) is 4.10. The molecule has 0 spiro atoms. The molecule has 0 bridgehead atoms. The van der Waals surface area contributed by atoms with Gasteiger partial charge in [0.15, 0.2) is 0 Å². The Morgan fingerprint density at radius 1 is 1.37 bits per heavy atom. The van der Waals surface area contributed by atoms with E-state index in [0.29, 0.717) is 27.3 Å². The minimum atomic E-state index is -0.862. The normalized spacial score (nSPS) is 11.9. The van der Waals surface area contributed by atoms with Gasteiger partial charge in [-0.25, -0.2) is 4.98 Å². The number of nitrogens with zero attached hydrogens (tertiary/aromatic N) is 2. The monoisotopic (exact) mass is 336 g/mol. The van der Waals surface area contributed by atoms with Crippen LogP contribution >= 0.6 is 27.5 Å². The maximum atomic E-state index is 10.4. The van der Waals surface area contributed by atoms with Crippen molar-refractivity contribution in [2.24, 2.45) is 0 Å². The van der Waals surface area contributed by atoms with Crippen LogP contribution in [0.3, 0.4) is 0 Å². The lowest BCUT2D eigenvalue weighted by Gasteiger charge is -2.14. The van der Waals surface area contributed by atoms with Crippen LogP contribution in [0, 0.1) is 11.3 Å². The molecule has 19 heavy (non-hydrogen) atoms. The van der Waals surface area contributed by atoms with Gasteiger partial charge in [-0.3, -0.25) is 0 Å². The molecule has 0 aliphatic rings. The largest absolute Gasteiger partial charge is 0.382 e. The van der Waals surface area contributed by atoms with Gasteiger partial charge >= 0.3 is 0 Å². The summed E-state index contributed by atoms with van der Waals surface area (Å²) in [7, 11) is 0. The van der Waals surface area contributed by atoms with E-state index in [1.807, 2.05) is 0 Å². The highest BCUT2D eigenvalue weighted by molar-refractivity contribution is 9.08. The molecule has 1 unspecified atom stereocenters. The Bertz CT molecular complexity index is 640. The van der Waals surface area contributed by atoms with Gasteiger partial charge in [0.1, 0.15) is 11.3 Å². The van der Waals surface area contributed by atoms with E-state index in [1.54, 1.807) is 36.4 Å². The van der Waals surface area contributed by atoms with Gasteiger partial charge in [0.05, 0.1) is 17.3 Å². The van der Waals surface area contributed by atoms with Crippen molar-refractivity contribution in [3.63, 3.8) is 0 Å². The SMILES string of the molecule is N#Cc1ccc(C(O)c2cccc(Cl)n2)c(CBr)c1. The first-order valence-electron chi connectivity index (χ1n) is 5.55. The van der Waals surface area contributed by atoms with Crippen molar-refractivity contribution < 1.29 is 5.11 Å². The van der Waals surface area contributed by atoms with Crippen molar-refractivity contribution in [3.8, 4) is 6.07 Å². The molecule has 1 N–H and O–H groups in total. The number of aromatic nitrogens is 1. The van der Waals surface area contributed by atoms with Crippen LogP contribution in [-0.4, -0.2) is 10.1 Å². The van der Waals surface area contributed by atoms with Crippen LogP contribution in [0.4, 0.5) is 0 Å². The average molecular weight is 338 g/mol. The second-order valence-electron chi connectivity index (χ2n) is 3.95. The first kappa shape index (κ1) is 14.0. The molecular weight excluding hydrogens is 328 g/mol. The first-order valence-corrected chi connectivity index (χ1v) is 7.05. The van der Waals surface area contributed by atoms with Crippen molar-refractivity contribution in [1.29, 1.82) is 5.26 Å². The maximum Gasteiger partial charge on any atom is 0.129 e. The third-order valence-corrected chi connectivity index (χ3v) is 3.54. The molecule has 96 valence electrons. The number of nitriles is 1. The topological polar surface area (TPSA) is 56.9 Å². The van der Waals surface area contributed by atoms with Gasteiger partial charge in [0, 0.05) is 5.33 Å². The molecule has 0 saturated carbocycles. The smallest absolute Gasteiger partial charge is 0.129 e. The van der Waals surface area contributed by atoms with Crippen LogP contribution in [0.25, 0.3) is 0 Å². The molecule has 2 rings (SSSR count). The van der Waals surface area contributed by atoms with Gasteiger partial charge in [-0.15, -0.1) is 0 Å². The fourth-order valence-electron chi connectivity index (χ4n) is 1.79. The highest BCUT2D eigenvalue weighted by atomic mass is 79.9. The van der Waals surface area contributed by atoms with Gasteiger partial charge in [0.25, 0.3) is 0 Å². The lowest BCUT2D eigenvalue weighted by atomic mass is 9.99. The van der Waals surface area contributed by atoms with E-state index in [1.165, 1.54) is 0 Å². The molecule has 1 aromatic heterocycles. The van der Waals surface area contributed by atoms with Crippen molar-refractivity contribution in [2.75, 3.05) is 0 Å². The second kappa shape index (κ2) is 6.16. The lowest BCUT2D eigenvalue weighted by Crippen LogP contribution is -2.05. The van der Waals surface area contributed by atoms with E-state index >= 15 is 0 Å². The van der Waals surface area contributed by atoms with Crippen LogP contribution in [0.15, 0.2) is 36.4 Å². The molecule has 1 atom stereocenters. The summed E-state index contributed by atoms with van der Waals surface area (Å²) in [6.45, 7) is 0. The number of benzene rings is 1. The highest BCUT2D eigenvalue weighted by Gasteiger charge is 2.16. The van der Waals surface area contributed by atoms with Crippen LogP contribution in [0.5, 0.6) is 0 Å². The molecule has 1 aromatic carbocycles. The minimum Gasteiger partial charge on any atom is -0.382 e. The summed E-state index contributed by atoms with van der Waals surface area (Å²) < 4.78 is 0. The highest BCUT2D eigenvalue weighted by Crippen LogP contribution is 2.26. The summed E-state index contributed by atoms with van der Waals surface area (Å²) in [6.07, 6.45) is -0.862. The van der Waals surface area contributed by atoms with Crippen molar-refractivity contribution in [2.45, 2.75) is 11.4 Å². The number of hydrogen-bond donors (Lipinski definition) is 1. The Labute approximate surface area is 124 Å². The number of hydrogen-bond acceptors (Lipinski definition) is 3. The van der Waals surface area contributed by atoms with Gasteiger partial charge in [-0.2, -0.15) is 5.26 Å². The standard InChI is InChI=1S/C14H10BrClN2O/c15-7-10-6-9(8-17)4-5-11(10)14(19)12-2-1-3-13(16)18-12/h1-6,14,19H,7H2. The molecular formula is C14H10BrClN2O. The van der Waals surface area contributed by atoms with Crippen molar-refractivity contribution in [1.82, 2.24) is 4.98 Å². The van der Waals surface area contributed by atoms with E-state index in [9.17, 15) is 5.11 Å². The predicted molar refractivity (Wildman–Crippen MR) is 77.1 cm³/mol. The van der Waals surface area contributed by atoms with E-state index < -0.39 is 6.10 Å². The summed E-state index contributed by atoms with van der Waals surface area (Å²) in [5.41, 5.74) is 2.61. The summed E-state index contributed by atoms with van der Waals surface area (Å²) in [5.74, 6) is 0. The number of alkyl halides is 1. The average Bonchev–Trinajstić information content (AvgIpc) is 2.45. The molecule has 0 saturated heterocycles. The predicted octanol–water partition coefficient (Wildman–Crippen LogP) is 3.58. The van der Waals surface area contributed by atoms with E-state index in [2.05, 4.69) is 27.0 Å². The Morgan fingerprint density at radius 2 is 2.16 bits per heavy atom. The zero-order chi connectivity index (χ0) is 13.8. The summed E-state index contributed by atoms with van der Waals surface area (Å²) in [6, 6.07) is 12.4. The Morgan fingerprint density at radius 3 is 2.79 bits per heavy atom. The fourth-order valence-corrected chi connectivity index (χ4v) is 2.45. The number of halogens is 2. The van der Waals surface area contributed by atoms with Gasteiger partial charge in [-0.1, -0.05) is 39.7 Å². The molecule has 0 aliphatic carbocycles. The van der Waals surface area contributed by atoms with Crippen molar-refractivity contribution >= 4 is 27.5 Å². The first-order chi connectivity index (χ1) is 9.15. The molecule has 2 aromatic rings. The molecule has 0 radical (unpaired) electrons. The second-order valence-corrected chi connectivity index (χ2v) is 4.89. The number of pyridine rings is 1. The van der Waals surface area contributed by atoms with Crippen LogP contribution in [0.1, 0.15) is 28.5 Å². The van der Waals surface area contributed by atoms with Crippen molar-refractivity contribution in [3.05, 3.63) is 63.9 Å². The summed E-state index contributed by atoms with van der Waals surface area (Å²) in [5, 5.41) is 20.1. The van der Waals surface area contributed by atoms with Gasteiger partial charge in [0.2, 0.25) is 0 Å². The zero-order valence-electron chi connectivity index (χ0n) is 9.85. The van der Waals surface area contributed by atoms with Crippen LogP contribution in [0.2, 0.25) is 5.15 Å². The van der Waals surface area contributed by atoms with Crippen LogP contribution in [-0.2, 0) is 5.33 Å². The quantitative estimate of drug-likeness (QED) is 0.688. The Hall–Kier alpha value is -1.41. The maximum absolute atomic E-state index is 10.4.